The van der Waals surface area contributed by atoms with Crippen LogP contribution in [0, 0.1) is 0 Å². The zero-order valence-corrected chi connectivity index (χ0v) is 15.5. The Morgan fingerprint density at radius 3 is 1.67 bits per heavy atom. The Morgan fingerprint density at radius 1 is 0.889 bits per heavy atom. The summed E-state index contributed by atoms with van der Waals surface area (Å²) in [5.74, 6) is 0.723. The first-order valence-electron chi connectivity index (χ1n) is 7.41. The molecule has 2 aromatic carbocycles. The quantitative estimate of drug-likeness (QED) is 0.421. The van der Waals surface area contributed by atoms with E-state index in [1.807, 2.05) is 0 Å². The van der Waals surface area contributed by atoms with Crippen molar-refractivity contribution in [2.24, 2.45) is 10.2 Å². The van der Waals surface area contributed by atoms with Crippen LogP contribution in [0.4, 0.5) is 4.79 Å². The minimum atomic E-state index is -0.721. The minimum Gasteiger partial charge on any atom is -0.507 e. The van der Waals surface area contributed by atoms with Gasteiger partial charge in [0.2, 0.25) is 0 Å². The van der Waals surface area contributed by atoms with Crippen LogP contribution in [0.3, 0.4) is 0 Å². The maximum Gasteiger partial charge on any atom is 0.355 e. The number of ether oxygens (including phenoxy) is 2. The van der Waals surface area contributed by atoms with Crippen molar-refractivity contribution < 1.29 is 41.3 Å². The number of methoxy groups -OCH3 is 2. The van der Waals surface area contributed by atoms with Crippen LogP contribution >= 0.6 is 0 Å². The van der Waals surface area contributed by atoms with Gasteiger partial charge in [-0.25, -0.2) is 15.6 Å². The number of nitrogens with zero attached hydrogens (tertiary/aromatic N) is 2. The number of nitrogens with one attached hydrogen (secondary N) is 2. The Morgan fingerprint density at radius 2 is 1.30 bits per heavy atom. The summed E-state index contributed by atoms with van der Waals surface area (Å²) in [6, 6.07) is 8.74. The van der Waals surface area contributed by atoms with E-state index in [1.54, 1.807) is 24.3 Å². The zero-order valence-electron chi connectivity index (χ0n) is 14.5. The largest absolute Gasteiger partial charge is 0.507 e. The first kappa shape index (κ1) is 21.8. The summed E-state index contributed by atoms with van der Waals surface area (Å²) in [5, 5.41) is 27.0. The van der Waals surface area contributed by atoms with Crippen molar-refractivity contribution in [3.63, 3.8) is 0 Å². The molecule has 0 spiro atoms. The second-order valence-corrected chi connectivity index (χ2v) is 4.86. The summed E-state index contributed by atoms with van der Waals surface area (Å²) >= 11 is 0. The molecule has 0 atom stereocenters. The Hall–Kier alpha value is -3.24. The molecule has 0 aliphatic carbocycles. The second kappa shape index (κ2) is 10.7. The molecule has 2 aromatic rings. The molecule has 1 radical (unpaired) electrons. The third-order valence-electron chi connectivity index (χ3n) is 3.25. The number of amides is 2. The molecule has 2 amide bonds. The standard InChI is InChI=1S/C17H18N4O5.Co/c1-25-15-7-3-5-13(22)11(15)9-18-20-17(24)21-19-10-12-14(23)6-4-8-16(12)26-2;/h3-10,22-23H,1-2H3,(H2,20,21,24);/b18-9+,19-10+;. The number of aromatic hydroxyl groups is 2. The van der Waals surface area contributed by atoms with Crippen molar-refractivity contribution in [1.29, 1.82) is 0 Å². The van der Waals surface area contributed by atoms with Crippen molar-refractivity contribution in [3.8, 4) is 23.0 Å². The number of benzene rings is 2. The van der Waals surface area contributed by atoms with E-state index in [-0.39, 0.29) is 28.3 Å². The molecule has 4 N–H and O–H groups in total. The molecule has 9 nitrogen and oxygen atoms in total. The molecule has 10 heteroatoms. The first-order chi connectivity index (χ1) is 12.6. The smallest absolute Gasteiger partial charge is 0.355 e. The van der Waals surface area contributed by atoms with Crippen molar-refractivity contribution in [3.05, 3.63) is 47.5 Å². The van der Waals surface area contributed by atoms with Crippen LogP contribution in [0.1, 0.15) is 11.1 Å². The Bertz CT molecular complexity index is 775. The molecular formula is C17H18CoN4O5. The summed E-state index contributed by atoms with van der Waals surface area (Å²) in [7, 11) is 2.91. The van der Waals surface area contributed by atoms with Crippen molar-refractivity contribution in [1.82, 2.24) is 10.9 Å². The number of rotatable bonds is 6. The molecular weight excluding hydrogens is 399 g/mol. The van der Waals surface area contributed by atoms with Gasteiger partial charge >= 0.3 is 6.03 Å². The maximum atomic E-state index is 11.7. The van der Waals surface area contributed by atoms with Crippen LogP contribution in [0.25, 0.3) is 0 Å². The number of hydrazone groups is 2. The van der Waals surface area contributed by atoms with Crippen molar-refractivity contribution >= 4 is 18.5 Å². The fourth-order valence-electron chi connectivity index (χ4n) is 2.02. The van der Waals surface area contributed by atoms with Gasteiger partial charge in [-0.3, -0.25) is 0 Å². The van der Waals surface area contributed by atoms with Crippen LogP contribution in [0.2, 0.25) is 0 Å². The van der Waals surface area contributed by atoms with E-state index >= 15 is 0 Å². The molecule has 0 unspecified atom stereocenters. The van der Waals surface area contributed by atoms with Crippen LogP contribution in [0.15, 0.2) is 46.6 Å². The van der Waals surface area contributed by atoms with Crippen molar-refractivity contribution in [2.75, 3.05) is 14.2 Å². The van der Waals surface area contributed by atoms with Gasteiger partial charge in [0, 0.05) is 16.8 Å². The van der Waals surface area contributed by atoms with Gasteiger partial charge < -0.3 is 19.7 Å². The molecule has 0 fully saturated rings. The maximum absolute atomic E-state index is 11.7. The number of carbonyl (C=O) groups excluding carboxylic acids is 1. The van der Waals surface area contributed by atoms with E-state index in [1.165, 1.54) is 38.8 Å². The van der Waals surface area contributed by atoms with Gasteiger partial charge in [0.15, 0.2) is 0 Å². The van der Waals surface area contributed by atoms with Crippen LogP contribution in [-0.2, 0) is 16.8 Å². The number of phenols is 2. The number of hydrogen-bond acceptors (Lipinski definition) is 7. The normalized spacial score (nSPS) is 10.4. The van der Waals surface area contributed by atoms with Gasteiger partial charge in [0.25, 0.3) is 0 Å². The number of phenolic OH excluding ortho intramolecular Hbond substituents is 2. The van der Waals surface area contributed by atoms with E-state index in [2.05, 4.69) is 21.1 Å². The zero-order chi connectivity index (χ0) is 18.9. The minimum absolute atomic E-state index is 0. The SMILES string of the molecule is COc1cccc(O)c1/C=N/NC(=O)N/N=C/c1c(O)cccc1OC.[Co]. The van der Waals surface area contributed by atoms with Gasteiger partial charge in [0.1, 0.15) is 23.0 Å². The fourth-order valence-corrected chi connectivity index (χ4v) is 2.02. The van der Waals surface area contributed by atoms with Crippen LogP contribution in [0.5, 0.6) is 23.0 Å². The third-order valence-corrected chi connectivity index (χ3v) is 3.25. The molecule has 0 aromatic heterocycles. The summed E-state index contributed by atoms with van der Waals surface area (Å²) in [4.78, 5) is 11.7. The van der Waals surface area contributed by atoms with E-state index in [0.29, 0.717) is 22.6 Å². The molecule has 0 saturated carbocycles. The summed E-state index contributed by atoms with van der Waals surface area (Å²) in [6.45, 7) is 0. The van der Waals surface area contributed by atoms with E-state index in [0.717, 1.165) is 0 Å². The number of carbonyl (C=O) groups is 1. The predicted octanol–water partition coefficient (Wildman–Crippen LogP) is 1.78. The fraction of sp³-hybridized carbons (Fsp3) is 0.118. The van der Waals surface area contributed by atoms with Gasteiger partial charge in [-0.2, -0.15) is 10.2 Å². The summed E-state index contributed by atoms with van der Waals surface area (Å²) < 4.78 is 10.2. The van der Waals surface area contributed by atoms with E-state index in [9.17, 15) is 15.0 Å². The topological polar surface area (TPSA) is 125 Å². The Labute approximate surface area is 165 Å². The Balaban J connectivity index is 0.00000364. The van der Waals surface area contributed by atoms with E-state index in [4.69, 9.17) is 9.47 Å². The average Bonchev–Trinajstić information content (AvgIpc) is 2.64. The van der Waals surface area contributed by atoms with Gasteiger partial charge in [-0.1, -0.05) is 12.1 Å². The molecule has 0 saturated heterocycles. The molecule has 2 rings (SSSR count). The molecule has 0 aliphatic heterocycles. The third kappa shape index (κ3) is 5.90. The average molecular weight is 417 g/mol. The first-order valence-corrected chi connectivity index (χ1v) is 7.41. The predicted molar refractivity (Wildman–Crippen MR) is 96.2 cm³/mol. The Kier molecular flexibility index (Phi) is 8.62. The monoisotopic (exact) mass is 417 g/mol. The number of urea groups is 1. The van der Waals surface area contributed by atoms with Gasteiger partial charge in [0.05, 0.1) is 37.8 Å². The van der Waals surface area contributed by atoms with E-state index < -0.39 is 6.03 Å². The second-order valence-electron chi connectivity index (χ2n) is 4.86. The van der Waals surface area contributed by atoms with Crippen molar-refractivity contribution in [2.45, 2.75) is 0 Å². The molecule has 145 valence electrons. The van der Waals surface area contributed by atoms with Gasteiger partial charge in [-0.05, 0) is 24.3 Å². The summed E-state index contributed by atoms with van der Waals surface area (Å²) in [6.07, 6.45) is 2.48. The molecule has 27 heavy (non-hydrogen) atoms. The molecule has 0 aliphatic rings. The van der Waals surface area contributed by atoms with Crippen LogP contribution in [-0.4, -0.2) is 42.9 Å². The summed E-state index contributed by atoms with van der Waals surface area (Å²) in [5.41, 5.74) is 5.00. The molecule has 0 bridgehead atoms. The van der Waals surface area contributed by atoms with Gasteiger partial charge in [-0.15, -0.1) is 0 Å². The molecule has 0 heterocycles. The number of hydrogen-bond donors (Lipinski definition) is 4. The van der Waals surface area contributed by atoms with Crippen LogP contribution < -0.4 is 20.3 Å².